The summed E-state index contributed by atoms with van der Waals surface area (Å²) in [6.07, 6.45) is 12.4. The molecule has 4 fully saturated rings. The minimum Gasteiger partial charge on any atom is -0.450 e. The summed E-state index contributed by atoms with van der Waals surface area (Å²) in [7, 11) is 0. The highest BCUT2D eigenvalue weighted by Gasteiger charge is 2.56. The molecule has 0 aromatic carbocycles. The molecule has 4 nitrogen and oxygen atoms in total. The molecule has 126 valence electrons. The fraction of sp³-hybridized carbons (Fsp3) is 0.944. The zero-order chi connectivity index (χ0) is 15.6. The molecule has 4 heteroatoms. The lowest BCUT2D eigenvalue weighted by atomic mass is 9.50. The third-order valence-electron chi connectivity index (χ3n) is 5.95. The first kappa shape index (κ1) is 16.1. The van der Waals surface area contributed by atoms with Gasteiger partial charge in [0.25, 0.3) is 0 Å². The Morgan fingerprint density at radius 2 is 1.82 bits per heavy atom. The van der Waals surface area contributed by atoms with Crippen molar-refractivity contribution in [3.05, 3.63) is 0 Å². The maximum Gasteiger partial charge on any atom is 0.407 e. The van der Waals surface area contributed by atoms with Gasteiger partial charge in [-0.25, -0.2) is 4.79 Å². The molecule has 4 aliphatic rings. The van der Waals surface area contributed by atoms with Gasteiger partial charge in [-0.1, -0.05) is 32.6 Å². The van der Waals surface area contributed by atoms with Crippen molar-refractivity contribution in [2.45, 2.75) is 88.6 Å². The van der Waals surface area contributed by atoms with Crippen LogP contribution in [0.15, 0.2) is 0 Å². The van der Waals surface area contributed by atoms with Crippen LogP contribution in [0.1, 0.15) is 77.6 Å². The third kappa shape index (κ3) is 3.58. The van der Waals surface area contributed by atoms with Gasteiger partial charge in [-0.15, -0.1) is 0 Å². The van der Waals surface area contributed by atoms with E-state index in [4.69, 9.17) is 10.5 Å². The molecule has 2 unspecified atom stereocenters. The number of carbonyl (C=O) groups excluding carboxylic acids is 1. The van der Waals surface area contributed by atoms with E-state index >= 15 is 0 Å². The zero-order valence-electron chi connectivity index (χ0n) is 14.0. The van der Waals surface area contributed by atoms with E-state index in [0.717, 1.165) is 44.9 Å². The molecule has 4 aliphatic carbocycles. The molecule has 0 aliphatic heterocycles. The molecule has 0 aromatic heterocycles. The largest absolute Gasteiger partial charge is 0.450 e. The van der Waals surface area contributed by atoms with Crippen LogP contribution >= 0.6 is 0 Å². The van der Waals surface area contributed by atoms with E-state index in [-0.39, 0.29) is 17.2 Å². The van der Waals surface area contributed by atoms with Crippen molar-refractivity contribution in [3.8, 4) is 0 Å². The quantitative estimate of drug-likeness (QED) is 0.704. The second-order valence-corrected chi connectivity index (χ2v) is 8.28. The summed E-state index contributed by atoms with van der Waals surface area (Å²) >= 11 is 0. The smallest absolute Gasteiger partial charge is 0.407 e. The van der Waals surface area contributed by atoms with Crippen LogP contribution in [-0.2, 0) is 4.74 Å². The first-order valence-corrected chi connectivity index (χ1v) is 9.26. The topological polar surface area (TPSA) is 64.3 Å². The molecule has 2 atom stereocenters. The van der Waals surface area contributed by atoms with Crippen molar-refractivity contribution < 1.29 is 9.53 Å². The summed E-state index contributed by atoms with van der Waals surface area (Å²) in [6.45, 7) is 2.76. The number of nitrogens with two attached hydrogens (primary N) is 1. The molecule has 1 amide bonds. The summed E-state index contributed by atoms with van der Waals surface area (Å²) in [4.78, 5) is 12.1. The average Bonchev–Trinajstić information content (AvgIpc) is 2.39. The molecule has 0 saturated heterocycles. The Kier molecular flexibility index (Phi) is 4.67. The average molecular weight is 308 g/mol. The Hall–Kier alpha value is -0.770. The van der Waals surface area contributed by atoms with Crippen LogP contribution in [0.4, 0.5) is 4.79 Å². The molecule has 0 heterocycles. The normalized spacial score (nSPS) is 39.0. The van der Waals surface area contributed by atoms with Gasteiger partial charge in [-0.05, 0) is 56.8 Å². The van der Waals surface area contributed by atoms with Gasteiger partial charge in [0, 0.05) is 11.1 Å². The summed E-state index contributed by atoms with van der Waals surface area (Å²) < 4.78 is 5.40. The van der Waals surface area contributed by atoms with E-state index in [2.05, 4.69) is 12.2 Å². The van der Waals surface area contributed by atoms with Gasteiger partial charge in [-0.2, -0.15) is 0 Å². The lowest BCUT2D eigenvalue weighted by Gasteiger charge is -2.60. The second-order valence-electron chi connectivity index (χ2n) is 8.28. The lowest BCUT2D eigenvalue weighted by Crippen LogP contribution is -2.68. The van der Waals surface area contributed by atoms with E-state index in [9.17, 15) is 4.79 Å². The highest BCUT2D eigenvalue weighted by molar-refractivity contribution is 5.68. The minimum atomic E-state index is -0.221. The van der Waals surface area contributed by atoms with Crippen molar-refractivity contribution in [2.24, 2.45) is 17.6 Å². The van der Waals surface area contributed by atoms with Crippen LogP contribution in [0.5, 0.6) is 0 Å². The Morgan fingerprint density at radius 3 is 2.45 bits per heavy atom. The molecular formula is C18H32N2O2. The Labute approximate surface area is 134 Å². The van der Waals surface area contributed by atoms with Crippen molar-refractivity contribution >= 4 is 6.09 Å². The van der Waals surface area contributed by atoms with Crippen LogP contribution in [0.3, 0.4) is 0 Å². The number of rotatable bonds is 7. The van der Waals surface area contributed by atoms with E-state index in [1.165, 1.54) is 25.7 Å². The SMILES string of the molecule is CCCCCCCOC(=O)NC12CC3CC(CC(N)(C3)C1)C2. The third-order valence-corrected chi connectivity index (χ3v) is 5.95. The van der Waals surface area contributed by atoms with Crippen LogP contribution in [0.25, 0.3) is 0 Å². The fourth-order valence-electron chi connectivity index (χ4n) is 5.60. The van der Waals surface area contributed by atoms with Gasteiger partial charge < -0.3 is 15.8 Å². The highest BCUT2D eigenvalue weighted by Crippen LogP contribution is 2.56. The van der Waals surface area contributed by atoms with Gasteiger partial charge in [-0.3, -0.25) is 0 Å². The van der Waals surface area contributed by atoms with E-state index < -0.39 is 0 Å². The van der Waals surface area contributed by atoms with Crippen LogP contribution in [-0.4, -0.2) is 23.8 Å². The maximum absolute atomic E-state index is 12.1. The molecule has 0 spiro atoms. The number of ether oxygens (including phenoxy) is 1. The summed E-state index contributed by atoms with van der Waals surface area (Å²) in [5, 5.41) is 3.21. The number of hydrogen-bond acceptors (Lipinski definition) is 3. The Balaban J connectivity index is 1.43. The number of carbonyl (C=O) groups is 1. The predicted octanol–water partition coefficient (Wildman–Crippen LogP) is 3.73. The number of amides is 1. The summed E-state index contributed by atoms with van der Waals surface area (Å²) in [6, 6.07) is 0. The standard InChI is InChI=1S/C18H32N2O2/c1-2-3-4-5-6-7-22-16(21)20-18-11-14-8-15(12-18)10-17(19,9-14)13-18/h14-15H,2-13,19H2,1H3,(H,20,21). The molecular weight excluding hydrogens is 276 g/mol. The van der Waals surface area contributed by atoms with Crippen molar-refractivity contribution in [1.82, 2.24) is 5.32 Å². The summed E-state index contributed by atoms with van der Waals surface area (Å²) in [5.74, 6) is 1.42. The molecule has 4 rings (SSSR count). The van der Waals surface area contributed by atoms with E-state index in [1.54, 1.807) is 0 Å². The maximum atomic E-state index is 12.1. The van der Waals surface area contributed by atoms with Crippen molar-refractivity contribution in [1.29, 1.82) is 0 Å². The van der Waals surface area contributed by atoms with Gasteiger partial charge in [0.15, 0.2) is 0 Å². The first-order chi connectivity index (χ1) is 10.5. The highest BCUT2D eigenvalue weighted by atomic mass is 16.5. The van der Waals surface area contributed by atoms with Crippen molar-refractivity contribution in [3.63, 3.8) is 0 Å². The van der Waals surface area contributed by atoms with Gasteiger partial charge in [0.2, 0.25) is 0 Å². The van der Waals surface area contributed by atoms with Crippen LogP contribution in [0, 0.1) is 11.8 Å². The molecule has 4 saturated carbocycles. The minimum absolute atomic E-state index is 0.0302. The first-order valence-electron chi connectivity index (χ1n) is 9.26. The van der Waals surface area contributed by atoms with Crippen LogP contribution < -0.4 is 11.1 Å². The van der Waals surface area contributed by atoms with Crippen LogP contribution in [0.2, 0.25) is 0 Å². The molecule has 4 bridgehead atoms. The molecule has 0 aromatic rings. The second kappa shape index (κ2) is 6.38. The monoisotopic (exact) mass is 308 g/mol. The summed E-state index contributed by atoms with van der Waals surface area (Å²) in [5.41, 5.74) is 6.46. The van der Waals surface area contributed by atoms with Crippen molar-refractivity contribution in [2.75, 3.05) is 6.61 Å². The number of nitrogens with one attached hydrogen (secondary N) is 1. The van der Waals surface area contributed by atoms with E-state index in [0.29, 0.717) is 18.4 Å². The lowest BCUT2D eigenvalue weighted by molar-refractivity contribution is -0.0343. The van der Waals surface area contributed by atoms with E-state index in [1.807, 2.05) is 0 Å². The van der Waals surface area contributed by atoms with Gasteiger partial charge in [0.1, 0.15) is 0 Å². The molecule has 22 heavy (non-hydrogen) atoms. The Morgan fingerprint density at radius 1 is 1.14 bits per heavy atom. The fourth-order valence-corrected chi connectivity index (χ4v) is 5.60. The molecule has 0 radical (unpaired) electrons. The number of hydrogen-bond donors (Lipinski definition) is 2. The predicted molar refractivity (Wildman–Crippen MR) is 87.6 cm³/mol. The van der Waals surface area contributed by atoms with Gasteiger partial charge >= 0.3 is 6.09 Å². The Bertz CT molecular complexity index is 396. The number of alkyl carbamates (subject to hydrolysis) is 1. The molecule has 3 N–H and O–H groups in total. The number of unbranched alkanes of at least 4 members (excludes halogenated alkanes) is 4. The van der Waals surface area contributed by atoms with Gasteiger partial charge in [0.05, 0.1) is 6.61 Å². The zero-order valence-corrected chi connectivity index (χ0v) is 14.0.